The Hall–Kier alpha value is -3.24. The van der Waals surface area contributed by atoms with Crippen LogP contribution in [0.2, 0.25) is 5.02 Å². The van der Waals surface area contributed by atoms with E-state index in [0.29, 0.717) is 59.5 Å². The van der Waals surface area contributed by atoms with Crippen LogP contribution in [0, 0.1) is 17.8 Å². The fourth-order valence-corrected chi connectivity index (χ4v) is 6.22. The third-order valence-electron chi connectivity index (χ3n) is 9.15. The maximum atomic E-state index is 11.9. The topological polar surface area (TPSA) is 119 Å². The number of nitrogens with zero attached hydrogens (tertiary/aromatic N) is 2. The van der Waals surface area contributed by atoms with Crippen molar-refractivity contribution in [1.29, 1.82) is 0 Å². The number of Topliss-reactive ketones (excluding diaryl/α,β-unsaturated/α-hetero) is 1. The van der Waals surface area contributed by atoms with Crippen molar-refractivity contribution in [2.24, 2.45) is 5.41 Å². The molecule has 1 aliphatic heterocycles. The molecule has 2 heterocycles. The van der Waals surface area contributed by atoms with Crippen LogP contribution in [0.3, 0.4) is 0 Å². The molecular formula is C42H64ClN3O8. The predicted molar refractivity (Wildman–Crippen MR) is 215 cm³/mol. The van der Waals surface area contributed by atoms with Gasteiger partial charge in [0, 0.05) is 38.1 Å². The Balaban J connectivity index is 0.000000373. The van der Waals surface area contributed by atoms with Gasteiger partial charge in [-0.2, -0.15) is 0 Å². The lowest BCUT2D eigenvalue weighted by molar-refractivity contribution is -0.142. The first kappa shape index (κ1) is 46.9. The zero-order valence-corrected chi connectivity index (χ0v) is 34.3. The molecule has 1 fully saturated rings. The number of terminal acetylenes is 1. The van der Waals surface area contributed by atoms with Gasteiger partial charge in [-0.25, -0.2) is 4.98 Å². The Kier molecular flexibility index (Phi) is 23.8. The van der Waals surface area contributed by atoms with Gasteiger partial charge in [0.2, 0.25) is 0 Å². The molecule has 2 aliphatic rings. The van der Waals surface area contributed by atoms with Crippen LogP contribution in [0.15, 0.2) is 41.6 Å². The van der Waals surface area contributed by atoms with Gasteiger partial charge >= 0.3 is 5.97 Å². The molecule has 4 rings (SSSR count). The zero-order chi connectivity index (χ0) is 39.6. The summed E-state index contributed by atoms with van der Waals surface area (Å²) in [6, 6.07) is 5.89. The molecule has 1 N–H and O–H groups in total. The van der Waals surface area contributed by atoms with Crippen LogP contribution in [-0.2, 0) is 51.0 Å². The van der Waals surface area contributed by atoms with Gasteiger partial charge in [-0.1, -0.05) is 43.9 Å². The second kappa shape index (κ2) is 27.4. The second-order valence-corrected chi connectivity index (χ2v) is 13.6. The summed E-state index contributed by atoms with van der Waals surface area (Å²) in [6.45, 7) is 18.8. The maximum absolute atomic E-state index is 11.9. The largest absolute Gasteiger partial charge is 0.463 e. The molecule has 0 radical (unpaired) electrons. The molecule has 0 unspecified atom stereocenters. The molecule has 1 aliphatic carbocycles. The van der Waals surface area contributed by atoms with Crippen LogP contribution in [0.1, 0.15) is 85.9 Å². The van der Waals surface area contributed by atoms with Gasteiger partial charge in [-0.15, -0.1) is 6.42 Å². The average Bonchev–Trinajstić information content (AvgIpc) is 3.90. The van der Waals surface area contributed by atoms with Gasteiger partial charge in [0.05, 0.1) is 69.3 Å². The summed E-state index contributed by atoms with van der Waals surface area (Å²) >= 11 is 6.09. The number of ketones is 1. The van der Waals surface area contributed by atoms with Crippen molar-refractivity contribution in [1.82, 2.24) is 14.9 Å². The molecule has 0 amide bonds. The molecule has 1 aromatic heterocycles. The molecule has 12 heteroatoms. The number of hydrogen-bond donors (Lipinski definition) is 1. The summed E-state index contributed by atoms with van der Waals surface area (Å²) in [5.41, 5.74) is 4.35. The molecule has 0 spiro atoms. The van der Waals surface area contributed by atoms with E-state index in [1.807, 2.05) is 24.4 Å². The number of carbonyl (C=O) groups excluding carboxylic acids is 2. The summed E-state index contributed by atoms with van der Waals surface area (Å²) in [5.74, 6) is 3.64. The Morgan fingerprint density at radius 3 is 2.00 bits per heavy atom. The minimum atomic E-state index is -0.261. The van der Waals surface area contributed by atoms with Crippen LogP contribution < -0.4 is 5.32 Å². The molecule has 2 aromatic rings. The van der Waals surface area contributed by atoms with Gasteiger partial charge in [-0.3, -0.25) is 9.59 Å². The first-order valence-corrected chi connectivity index (χ1v) is 19.8. The maximum Gasteiger partial charge on any atom is 0.302 e. The molecule has 1 aromatic carbocycles. The quantitative estimate of drug-likeness (QED) is 0.0663. The number of hydrogen-bond acceptors (Lipinski definition) is 10. The number of fused-ring (bicyclic) bond motifs is 1. The van der Waals surface area contributed by atoms with Crippen molar-refractivity contribution in [3.05, 3.63) is 52.5 Å². The molecule has 54 heavy (non-hydrogen) atoms. The van der Waals surface area contributed by atoms with Crippen LogP contribution in [0.5, 0.6) is 0 Å². The van der Waals surface area contributed by atoms with E-state index in [-0.39, 0.29) is 23.3 Å². The highest BCUT2D eigenvalue weighted by Crippen LogP contribution is 2.39. The van der Waals surface area contributed by atoms with Crippen LogP contribution in [0.4, 0.5) is 0 Å². The molecule has 0 bridgehead atoms. The van der Waals surface area contributed by atoms with Crippen LogP contribution in [-0.4, -0.2) is 100 Å². The number of aryl methyl sites for hydroxylation is 2. The van der Waals surface area contributed by atoms with Crippen molar-refractivity contribution in [2.75, 3.05) is 72.6 Å². The van der Waals surface area contributed by atoms with Gasteiger partial charge in [0.15, 0.2) is 0 Å². The van der Waals surface area contributed by atoms with Crippen molar-refractivity contribution in [3.63, 3.8) is 0 Å². The number of unbranched alkanes of at least 4 members (excludes halogenated alkanes) is 1. The minimum Gasteiger partial charge on any atom is -0.463 e. The standard InChI is InChI=1S/C24H35ClN2O5.C13H21NO.C5H8O2/c1-3-10-28-12-14-30-16-18-32-19-17-31-15-13-29-11-6-5-9-27-23-8-7-21(25)20-22(23)26-24(27)4-2;1-5-13(6-2,11(4)15)12-7-8-14-9-10(12)3;1-4(6)7-5-2-3-5/h1,7-8,20H,4-6,9-19H2,2H3;7-8,14H,5-6,9H2,1-4H3;5H,2-3H2,1H3. The number of imidazole rings is 1. The van der Waals surface area contributed by atoms with E-state index in [1.54, 1.807) is 6.92 Å². The molecule has 11 nitrogen and oxygen atoms in total. The SMILES string of the molecule is C#CCOCCOCCOCCOCCOCCCCn1c(CC)nc2cc(Cl)ccc21.CC(=O)OC1CC1.CCC(CC)(C(C)=O)C1=C(C)CNC=C1. The Morgan fingerprint density at radius 1 is 0.926 bits per heavy atom. The van der Waals surface area contributed by atoms with E-state index in [0.717, 1.165) is 86.5 Å². The molecule has 0 saturated heterocycles. The number of ether oxygens (including phenoxy) is 6. The van der Waals surface area contributed by atoms with Crippen molar-refractivity contribution in [2.45, 2.75) is 99.1 Å². The van der Waals surface area contributed by atoms with Gasteiger partial charge in [0.25, 0.3) is 0 Å². The fraction of sp³-hybridized carbons (Fsp3) is 0.643. The third kappa shape index (κ3) is 17.5. The smallest absolute Gasteiger partial charge is 0.302 e. The van der Waals surface area contributed by atoms with Crippen molar-refractivity contribution in [3.8, 4) is 12.3 Å². The summed E-state index contributed by atoms with van der Waals surface area (Å²) < 4.78 is 34.1. The number of halogens is 1. The molecular weight excluding hydrogens is 710 g/mol. The summed E-state index contributed by atoms with van der Waals surface area (Å²) in [6.07, 6.45) is 16.2. The predicted octanol–water partition coefficient (Wildman–Crippen LogP) is 7.28. The van der Waals surface area contributed by atoms with E-state index in [4.69, 9.17) is 51.4 Å². The number of dihydropyridines is 1. The highest BCUT2D eigenvalue weighted by Gasteiger charge is 2.36. The Labute approximate surface area is 328 Å². The fourth-order valence-electron chi connectivity index (χ4n) is 6.06. The summed E-state index contributed by atoms with van der Waals surface area (Å²) in [4.78, 5) is 26.6. The Bertz CT molecular complexity index is 1490. The normalized spacial score (nSPS) is 13.7. The number of nitrogens with one attached hydrogen (secondary N) is 1. The lowest BCUT2D eigenvalue weighted by atomic mass is 9.70. The highest BCUT2D eigenvalue weighted by molar-refractivity contribution is 6.31. The minimum absolute atomic E-state index is 0.150. The monoisotopic (exact) mass is 773 g/mol. The van der Waals surface area contributed by atoms with E-state index < -0.39 is 0 Å². The number of carbonyl (C=O) groups is 2. The summed E-state index contributed by atoms with van der Waals surface area (Å²) in [7, 11) is 0. The highest BCUT2D eigenvalue weighted by atomic mass is 35.5. The van der Waals surface area contributed by atoms with Crippen LogP contribution in [0.25, 0.3) is 11.0 Å². The number of aromatic nitrogens is 2. The van der Waals surface area contributed by atoms with Crippen LogP contribution >= 0.6 is 11.6 Å². The summed E-state index contributed by atoms with van der Waals surface area (Å²) in [5, 5.41) is 3.90. The molecule has 302 valence electrons. The average molecular weight is 774 g/mol. The van der Waals surface area contributed by atoms with E-state index in [9.17, 15) is 9.59 Å². The zero-order valence-electron chi connectivity index (χ0n) is 33.5. The third-order valence-corrected chi connectivity index (χ3v) is 9.38. The first-order valence-electron chi connectivity index (χ1n) is 19.4. The number of benzene rings is 1. The first-order chi connectivity index (χ1) is 26.1. The van der Waals surface area contributed by atoms with E-state index >= 15 is 0 Å². The lowest BCUT2D eigenvalue weighted by Gasteiger charge is -2.33. The van der Waals surface area contributed by atoms with E-state index in [1.165, 1.54) is 18.1 Å². The lowest BCUT2D eigenvalue weighted by Crippen LogP contribution is -2.32. The van der Waals surface area contributed by atoms with Gasteiger partial charge in [0.1, 0.15) is 24.3 Å². The Morgan fingerprint density at radius 2 is 1.52 bits per heavy atom. The molecule has 0 atom stereocenters. The number of rotatable bonds is 24. The van der Waals surface area contributed by atoms with Gasteiger partial charge in [-0.05, 0) is 88.4 Å². The van der Waals surface area contributed by atoms with Crippen molar-refractivity contribution < 1.29 is 38.0 Å². The number of allylic oxidation sites excluding steroid dienone is 2. The van der Waals surface area contributed by atoms with Crippen molar-refractivity contribution >= 4 is 34.4 Å². The van der Waals surface area contributed by atoms with E-state index in [2.05, 4.69) is 49.6 Å². The number of esters is 1. The molecule has 1 saturated carbocycles. The van der Waals surface area contributed by atoms with Gasteiger partial charge < -0.3 is 38.3 Å². The second-order valence-electron chi connectivity index (χ2n) is 13.1.